The quantitative estimate of drug-likeness (QED) is 0.658. The molecule has 19 heavy (non-hydrogen) atoms. The summed E-state index contributed by atoms with van der Waals surface area (Å²) < 4.78 is 0. The summed E-state index contributed by atoms with van der Waals surface area (Å²) in [6, 6.07) is 6.30. The van der Waals surface area contributed by atoms with Crippen LogP contribution in [0.5, 0.6) is 0 Å². The number of aromatic nitrogens is 2. The third-order valence-electron chi connectivity index (χ3n) is 2.43. The number of hydrogen-bond acceptors (Lipinski definition) is 5. The zero-order valence-corrected chi connectivity index (χ0v) is 10.3. The molecule has 1 aromatic carbocycles. The van der Waals surface area contributed by atoms with E-state index in [2.05, 4.69) is 15.3 Å². The van der Waals surface area contributed by atoms with Crippen LogP contribution in [0.3, 0.4) is 0 Å². The van der Waals surface area contributed by atoms with Crippen LogP contribution in [-0.2, 0) is 6.54 Å². The van der Waals surface area contributed by atoms with Crippen LogP contribution in [0.4, 0.5) is 11.5 Å². The van der Waals surface area contributed by atoms with Crippen molar-refractivity contribution in [2.45, 2.75) is 6.54 Å². The third-order valence-corrected chi connectivity index (χ3v) is 2.78. The van der Waals surface area contributed by atoms with Gasteiger partial charge in [-0.2, -0.15) is 0 Å². The minimum absolute atomic E-state index is 0.00374. The van der Waals surface area contributed by atoms with Crippen LogP contribution >= 0.6 is 11.6 Å². The predicted octanol–water partition coefficient (Wildman–Crippen LogP) is 1.94. The Morgan fingerprint density at radius 1 is 1.42 bits per heavy atom. The standard InChI is InChI=1S/C11H9ClN4O3/c12-9-10(14-6-15-11(9)17)13-5-7-3-1-2-4-8(7)16(18)19/h1-4,6H,5H2,(H2,13,14,15,17). The molecule has 0 aliphatic rings. The summed E-state index contributed by atoms with van der Waals surface area (Å²) in [6.45, 7) is 0.146. The molecule has 1 heterocycles. The van der Waals surface area contributed by atoms with Crippen molar-refractivity contribution in [3.8, 4) is 0 Å². The first kappa shape index (κ1) is 13.0. The molecule has 8 heteroatoms. The second-order valence-corrected chi connectivity index (χ2v) is 4.01. The molecular formula is C11H9ClN4O3. The van der Waals surface area contributed by atoms with E-state index >= 15 is 0 Å². The fourth-order valence-corrected chi connectivity index (χ4v) is 1.69. The molecule has 0 unspecified atom stereocenters. The van der Waals surface area contributed by atoms with E-state index in [0.717, 1.165) is 0 Å². The highest BCUT2D eigenvalue weighted by Crippen LogP contribution is 2.20. The van der Waals surface area contributed by atoms with E-state index in [1.807, 2.05) is 0 Å². The zero-order chi connectivity index (χ0) is 13.8. The first-order valence-electron chi connectivity index (χ1n) is 5.29. The Kier molecular flexibility index (Phi) is 3.76. The van der Waals surface area contributed by atoms with Gasteiger partial charge >= 0.3 is 0 Å². The number of nitrogens with zero attached hydrogens (tertiary/aromatic N) is 2. The molecule has 2 aromatic rings. The number of nitro groups is 1. The molecular weight excluding hydrogens is 272 g/mol. The van der Waals surface area contributed by atoms with Gasteiger partial charge in [-0.15, -0.1) is 0 Å². The van der Waals surface area contributed by atoms with Crippen molar-refractivity contribution < 1.29 is 4.92 Å². The monoisotopic (exact) mass is 280 g/mol. The lowest BCUT2D eigenvalue weighted by molar-refractivity contribution is -0.385. The van der Waals surface area contributed by atoms with Gasteiger partial charge in [-0.05, 0) is 0 Å². The Hall–Kier alpha value is -2.41. The van der Waals surface area contributed by atoms with Crippen LogP contribution in [0, 0.1) is 10.1 Å². The summed E-state index contributed by atoms with van der Waals surface area (Å²) in [5.41, 5.74) is 0.00309. The molecule has 0 aliphatic heterocycles. The summed E-state index contributed by atoms with van der Waals surface area (Å²) in [7, 11) is 0. The van der Waals surface area contributed by atoms with Gasteiger partial charge in [0.1, 0.15) is 5.02 Å². The highest BCUT2D eigenvalue weighted by Gasteiger charge is 2.13. The molecule has 0 saturated heterocycles. The SMILES string of the molecule is O=c1[nH]cnc(NCc2ccccc2[N+](=O)[O-])c1Cl. The Morgan fingerprint density at radius 3 is 2.89 bits per heavy atom. The van der Waals surface area contributed by atoms with Crippen molar-refractivity contribution >= 4 is 23.1 Å². The maximum atomic E-state index is 11.3. The largest absolute Gasteiger partial charge is 0.364 e. The van der Waals surface area contributed by atoms with Crippen LogP contribution in [0.15, 0.2) is 35.4 Å². The van der Waals surface area contributed by atoms with Crippen molar-refractivity contribution in [2.75, 3.05) is 5.32 Å². The minimum atomic E-state index is -0.471. The lowest BCUT2D eigenvalue weighted by Gasteiger charge is -2.06. The Balaban J connectivity index is 2.22. The number of halogens is 1. The average Bonchev–Trinajstić information content (AvgIpc) is 2.40. The summed E-state index contributed by atoms with van der Waals surface area (Å²) >= 11 is 5.76. The Morgan fingerprint density at radius 2 is 2.16 bits per heavy atom. The smallest absolute Gasteiger partial charge is 0.274 e. The second-order valence-electron chi connectivity index (χ2n) is 3.63. The molecule has 0 amide bonds. The fraction of sp³-hybridized carbons (Fsp3) is 0.0909. The minimum Gasteiger partial charge on any atom is -0.364 e. The molecule has 7 nitrogen and oxygen atoms in total. The van der Waals surface area contributed by atoms with Gasteiger partial charge in [-0.3, -0.25) is 14.9 Å². The van der Waals surface area contributed by atoms with Gasteiger partial charge in [0.2, 0.25) is 0 Å². The summed E-state index contributed by atoms with van der Waals surface area (Å²) in [6.07, 6.45) is 1.20. The first-order valence-corrected chi connectivity index (χ1v) is 5.66. The molecule has 2 N–H and O–H groups in total. The van der Waals surface area contributed by atoms with E-state index in [4.69, 9.17) is 11.6 Å². The summed E-state index contributed by atoms with van der Waals surface area (Å²) in [4.78, 5) is 27.8. The lowest BCUT2D eigenvalue weighted by Crippen LogP contribution is -2.12. The van der Waals surface area contributed by atoms with Gasteiger partial charge in [-0.25, -0.2) is 4.98 Å². The number of benzene rings is 1. The molecule has 0 radical (unpaired) electrons. The number of hydrogen-bond donors (Lipinski definition) is 2. The fourth-order valence-electron chi connectivity index (χ4n) is 1.52. The van der Waals surface area contributed by atoms with E-state index in [-0.39, 0.29) is 23.1 Å². The third kappa shape index (κ3) is 2.89. The highest BCUT2D eigenvalue weighted by atomic mass is 35.5. The maximum Gasteiger partial charge on any atom is 0.274 e. The normalized spacial score (nSPS) is 10.2. The van der Waals surface area contributed by atoms with Gasteiger partial charge in [0.15, 0.2) is 5.82 Å². The van der Waals surface area contributed by atoms with Gasteiger partial charge in [-0.1, -0.05) is 29.8 Å². The van der Waals surface area contributed by atoms with E-state index in [1.165, 1.54) is 12.4 Å². The number of anilines is 1. The number of para-hydroxylation sites is 1. The average molecular weight is 281 g/mol. The Bertz CT molecular complexity index is 671. The van der Waals surface area contributed by atoms with E-state index in [0.29, 0.717) is 5.56 Å². The molecule has 0 aliphatic carbocycles. The number of nitro benzene ring substituents is 1. The number of aromatic amines is 1. The van der Waals surface area contributed by atoms with Crippen LogP contribution < -0.4 is 10.9 Å². The second kappa shape index (κ2) is 5.49. The summed E-state index contributed by atoms with van der Waals surface area (Å²) in [5, 5.41) is 13.6. The Labute approximate surface area is 112 Å². The molecule has 0 atom stereocenters. The van der Waals surface area contributed by atoms with E-state index in [9.17, 15) is 14.9 Å². The van der Waals surface area contributed by atoms with Gasteiger partial charge in [0.25, 0.3) is 11.2 Å². The van der Waals surface area contributed by atoms with E-state index < -0.39 is 10.5 Å². The van der Waals surface area contributed by atoms with Crippen LogP contribution in [0.2, 0.25) is 5.02 Å². The van der Waals surface area contributed by atoms with Crippen molar-refractivity contribution in [3.05, 3.63) is 61.6 Å². The molecule has 98 valence electrons. The van der Waals surface area contributed by atoms with Crippen LogP contribution in [0.25, 0.3) is 0 Å². The van der Waals surface area contributed by atoms with Gasteiger partial charge in [0.05, 0.1) is 11.3 Å². The maximum absolute atomic E-state index is 11.3. The molecule has 0 fully saturated rings. The van der Waals surface area contributed by atoms with Crippen molar-refractivity contribution in [2.24, 2.45) is 0 Å². The summed E-state index contributed by atoms with van der Waals surface area (Å²) in [5.74, 6) is 0.184. The van der Waals surface area contributed by atoms with Crippen molar-refractivity contribution in [1.82, 2.24) is 9.97 Å². The van der Waals surface area contributed by atoms with Gasteiger partial charge in [0, 0.05) is 18.2 Å². The van der Waals surface area contributed by atoms with Gasteiger partial charge < -0.3 is 10.3 Å². The number of nitrogens with one attached hydrogen (secondary N) is 2. The topological polar surface area (TPSA) is 101 Å². The molecule has 0 bridgehead atoms. The lowest BCUT2D eigenvalue weighted by atomic mass is 10.2. The highest BCUT2D eigenvalue weighted by molar-refractivity contribution is 6.32. The van der Waals surface area contributed by atoms with E-state index in [1.54, 1.807) is 18.2 Å². The number of H-pyrrole nitrogens is 1. The zero-order valence-electron chi connectivity index (χ0n) is 9.59. The molecule has 0 saturated carbocycles. The van der Waals surface area contributed by atoms with Crippen LogP contribution in [0.1, 0.15) is 5.56 Å². The molecule has 1 aromatic heterocycles. The molecule has 2 rings (SSSR count). The van der Waals surface area contributed by atoms with Crippen LogP contribution in [-0.4, -0.2) is 14.9 Å². The van der Waals surface area contributed by atoms with Crippen molar-refractivity contribution in [3.63, 3.8) is 0 Å². The number of rotatable bonds is 4. The first-order chi connectivity index (χ1) is 9.09. The molecule has 0 spiro atoms. The van der Waals surface area contributed by atoms with Crippen molar-refractivity contribution in [1.29, 1.82) is 0 Å². The predicted molar refractivity (Wildman–Crippen MR) is 70.3 cm³/mol.